The number of nitrogens with zero attached hydrogens (tertiary/aromatic N) is 2. The van der Waals surface area contributed by atoms with E-state index in [2.05, 4.69) is 5.10 Å². The monoisotopic (exact) mass is 344 g/mol. The maximum Gasteiger partial charge on any atom is 0.175 e. The molecule has 24 heavy (non-hydrogen) atoms. The van der Waals surface area contributed by atoms with Gasteiger partial charge in [-0.15, -0.1) is 0 Å². The zero-order valence-corrected chi connectivity index (χ0v) is 14.0. The molecular formula is C18H17FN2O2S. The maximum absolute atomic E-state index is 12.7. The van der Waals surface area contributed by atoms with Crippen LogP contribution in [0.4, 0.5) is 4.39 Å². The first kappa shape index (κ1) is 16.4. The van der Waals surface area contributed by atoms with Crippen LogP contribution < -0.4 is 0 Å². The summed E-state index contributed by atoms with van der Waals surface area (Å²) in [6.45, 7) is -0.474. The molecule has 0 radical (unpaired) electrons. The van der Waals surface area contributed by atoms with Crippen LogP contribution >= 0.6 is 0 Å². The molecule has 0 fully saturated rings. The van der Waals surface area contributed by atoms with Gasteiger partial charge in [0, 0.05) is 18.2 Å². The Hall–Kier alpha value is -2.47. The SMILES string of the molecule is CS(=O)(=O)c1ccc(-n2nc(CCF)cc2-c2ccccc2)cc1. The average Bonchev–Trinajstić information content (AvgIpc) is 2.99. The molecule has 3 aromatic rings. The molecule has 0 saturated heterocycles. The highest BCUT2D eigenvalue weighted by Crippen LogP contribution is 2.25. The molecule has 0 amide bonds. The van der Waals surface area contributed by atoms with Crippen molar-refractivity contribution in [3.05, 3.63) is 66.4 Å². The van der Waals surface area contributed by atoms with Gasteiger partial charge in [-0.25, -0.2) is 13.1 Å². The first-order valence-corrected chi connectivity index (χ1v) is 9.39. The lowest BCUT2D eigenvalue weighted by Crippen LogP contribution is -2.02. The number of halogens is 1. The molecule has 2 aromatic carbocycles. The van der Waals surface area contributed by atoms with E-state index in [1.54, 1.807) is 28.9 Å². The van der Waals surface area contributed by atoms with E-state index in [-0.39, 0.29) is 11.3 Å². The predicted octanol–water partition coefficient (Wildman–Crippen LogP) is 3.45. The molecule has 0 unspecified atom stereocenters. The molecule has 0 aliphatic carbocycles. The zero-order chi connectivity index (χ0) is 17.2. The van der Waals surface area contributed by atoms with Crippen molar-refractivity contribution in [3.63, 3.8) is 0 Å². The Morgan fingerprint density at radius 1 is 1.04 bits per heavy atom. The number of sulfone groups is 1. The van der Waals surface area contributed by atoms with Crippen LogP contribution in [0.15, 0.2) is 65.6 Å². The van der Waals surface area contributed by atoms with Gasteiger partial charge in [-0.3, -0.25) is 4.39 Å². The van der Waals surface area contributed by atoms with Crippen molar-refractivity contribution in [1.29, 1.82) is 0 Å². The Kier molecular flexibility index (Phi) is 4.49. The average molecular weight is 344 g/mol. The molecule has 0 bridgehead atoms. The smallest absolute Gasteiger partial charge is 0.175 e. The van der Waals surface area contributed by atoms with Crippen LogP contribution in [0.1, 0.15) is 5.69 Å². The summed E-state index contributed by atoms with van der Waals surface area (Å²) in [4.78, 5) is 0.253. The fraction of sp³-hybridized carbons (Fsp3) is 0.167. The first-order valence-electron chi connectivity index (χ1n) is 7.50. The van der Waals surface area contributed by atoms with Gasteiger partial charge in [0.1, 0.15) is 0 Å². The van der Waals surface area contributed by atoms with Crippen molar-refractivity contribution in [2.45, 2.75) is 11.3 Å². The third kappa shape index (κ3) is 3.38. The summed E-state index contributed by atoms with van der Waals surface area (Å²) in [5, 5.41) is 4.47. The van der Waals surface area contributed by atoms with Gasteiger partial charge in [-0.1, -0.05) is 30.3 Å². The standard InChI is InChI=1S/C18H17FN2O2S/c1-24(22,23)17-9-7-16(8-10-17)21-18(13-15(20-21)11-12-19)14-5-3-2-4-6-14/h2-10,13H,11-12H2,1H3. The summed E-state index contributed by atoms with van der Waals surface area (Å²) in [7, 11) is -3.25. The third-order valence-corrected chi connectivity index (χ3v) is 4.82. The normalized spacial score (nSPS) is 11.6. The molecule has 6 heteroatoms. The van der Waals surface area contributed by atoms with Crippen LogP contribution in [-0.2, 0) is 16.3 Å². The Morgan fingerprint density at radius 3 is 2.29 bits per heavy atom. The van der Waals surface area contributed by atoms with Crippen LogP contribution in [0.5, 0.6) is 0 Å². The van der Waals surface area contributed by atoms with E-state index >= 15 is 0 Å². The van der Waals surface area contributed by atoms with Crippen LogP contribution in [0.2, 0.25) is 0 Å². The van der Waals surface area contributed by atoms with E-state index in [4.69, 9.17) is 0 Å². The number of benzene rings is 2. The van der Waals surface area contributed by atoms with Gasteiger partial charge in [-0.2, -0.15) is 5.10 Å². The summed E-state index contributed by atoms with van der Waals surface area (Å²) in [6.07, 6.45) is 1.42. The number of hydrogen-bond donors (Lipinski definition) is 0. The van der Waals surface area contributed by atoms with Gasteiger partial charge in [-0.05, 0) is 30.3 Å². The van der Waals surface area contributed by atoms with E-state index in [9.17, 15) is 12.8 Å². The van der Waals surface area contributed by atoms with Crippen molar-refractivity contribution in [2.75, 3.05) is 12.9 Å². The highest BCUT2D eigenvalue weighted by atomic mass is 32.2. The molecule has 0 saturated carbocycles. The number of aryl methyl sites for hydroxylation is 1. The minimum absolute atomic E-state index is 0.244. The Morgan fingerprint density at radius 2 is 1.71 bits per heavy atom. The topological polar surface area (TPSA) is 52.0 Å². The molecule has 4 nitrogen and oxygen atoms in total. The van der Waals surface area contributed by atoms with E-state index in [0.29, 0.717) is 5.69 Å². The molecule has 1 heterocycles. The molecule has 0 aliphatic rings. The second kappa shape index (κ2) is 6.57. The van der Waals surface area contributed by atoms with Crippen molar-refractivity contribution >= 4 is 9.84 Å². The largest absolute Gasteiger partial charge is 0.251 e. The quantitative estimate of drug-likeness (QED) is 0.712. The van der Waals surface area contributed by atoms with Crippen LogP contribution in [0.3, 0.4) is 0 Å². The minimum Gasteiger partial charge on any atom is -0.251 e. The summed E-state index contributed by atoms with van der Waals surface area (Å²) >= 11 is 0. The van der Waals surface area contributed by atoms with Crippen molar-refractivity contribution in [2.24, 2.45) is 0 Å². The van der Waals surface area contributed by atoms with Crippen molar-refractivity contribution in [1.82, 2.24) is 9.78 Å². The van der Waals surface area contributed by atoms with E-state index in [0.717, 1.165) is 16.9 Å². The zero-order valence-electron chi connectivity index (χ0n) is 13.2. The minimum atomic E-state index is -3.25. The van der Waals surface area contributed by atoms with Gasteiger partial charge in [0.15, 0.2) is 9.84 Å². The summed E-state index contributed by atoms with van der Waals surface area (Å²) in [6, 6.07) is 18.1. The Balaban J connectivity index is 2.09. The lowest BCUT2D eigenvalue weighted by Gasteiger charge is -2.08. The first-order chi connectivity index (χ1) is 11.5. The highest BCUT2D eigenvalue weighted by Gasteiger charge is 2.13. The van der Waals surface area contributed by atoms with E-state index in [1.165, 1.54) is 6.26 Å². The van der Waals surface area contributed by atoms with E-state index < -0.39 is 16.5 Å². The van der Waals surface area contributed by atoms with Gasteiger partial charge in [0.25, 0.3) is 0 Å². The molecular weight excluding hydrogens is 327 g/mol. The Bertz CT molecular complexity index is 933. The summed E-state index contributed by atoms with van der Waals surface area (Å²) in [5.74, 6) is 0. The molecule has 0 atom stereocenters. The van der Waals surface area contributed by atoms with Gasteiger partial charge >= 0.3 is 0 Å². The summed E-state index contributed by atoms with van der Waals surface area (Å²) < 4.78 is 37.6. The number of rotatable bonds is 5. The third-order valence-electron chi connectivity index (χ3n) is 3.69. The van der Waals surface area contributed by atoms with Crippen molar-refractivity contribution in [3.8, 4) is 16.9 Å². The summed E-state index contributed by atoms with van der Waals surface area (Å²) in [5.41, 5.74) is 3.18. The highest BCUT2D eigenvalue weighted by molar-refractivity contribution is 7.90. The molecule has 1 aromatic heterocycles. The van der Waals surface area contributed by atoms with Crippen LogP contribution in [0, 0.1) is 0 Å². The van der Waals surface area contributed by atoms with Gasteiger partial charge in [0.05, 0.1) is 28.6 Å². The molecule has 124 valence electrons. The van der Waals surface area contributed by atoms with Crippen LogP contribution in [0.25, 0.3) is 16.9 Å². The van der Waals surface area contributed by atoms with Crippen molar-refractivity contribution < 1.29 is 12.8 Å². The second-order valence-corrected chi connectivity index (χ2v) is 7.52. The lowest BCUT2D eigenvalue weighted by molar-refractivity contribution is 0.491. The molecule has 0 aliphatic heterocycles. The molecule has 0 N–H and O–H groups in total. The van der Waals surface area contributed by atoms with E-state index in [1.807, 2.05) is 36.4 Å². The molecule has 3 rings (SSSR count). The lowest BCUT2D eigenvalue weighted by atomic mass is 10.1. The number of hydrogen-bond acceptors (Lipinski definition) is 3. The molecule has 0 spiro atoms. The van der Waals surface area contributed by atoms with Gasteiger partial charge in [0.2, 0.25) is 0 Å². The fourth-order valence-corrected chi connectivity index (χ4v) is 3.13. The fourth-order valence-electron chi connectivity index (χ4n) is 2.50. The van der Waals surface area contributed by atoms with Gasteiger partial charge < -0.3 is 0 Å². The number of alkyl halides is 1. The van der Waals surface area contributed by atoms with Crippen LogP contribution in [-0.4, -0.2) is 31.1 Å². The number of aromatic nitrogens is 2. The predicted molar refractivity (Wildman–Crippen MR) is 91.8 cm³/mol. The maximum atomic E-state index is 12.7. The Labute approximate surface area is 140 Å². The second-order valence-electron chi connectivity index (χ2n) is 5.50.